The number of nitrogen functional groups attached to an aromatic ring is 1. The van der Waals surface area contributed by atoms with Crippen LogP contribution in [-0.2, 0) is 17.9 Å². The molecule has 1 aliphatic rings. The first kappa shape index (κ1) is 26.0. The maximum Gasteiger partial charge on any atom is 0.270 e. The number of aromatic nitrogens is 1. The SMILES string of the molecule is CC(C)C[C@@H](C(=O)NCc1ccccc1)N(Cc1ccc2c(c1)OCO2)C(=O)c1snc(C(N)=O)c1N. The van der Waals surface area contributed by atoms with Crippen molar-refractivity contribution in [3.63, 3.8) is 0 Å². The molecule has 1 atom stereocenters. The Hall–Kier alpha value is -4.12. The van der Waals surface area contributed by atoms with Crippen LogP contribution in [0, 0.1) is 5.92 Å². The summed E-state index contributed by atoms with van der Waals surface area (Å²) in [4.78, 5) is 40.6. The number of amides is 3. The number of carbonyl (C=O) groups excluding carboxylic acids is 3. The van der Waals surface area contributed by atoms with E-state index in [1.54, 1.807) is 12.1 Å². The van der Waals surface area contributed by atoms with Crippen LogP contribution in [0.2, 0.25) is 0 Å². The van der Waals surface area contributed by atoms with Crippen LogP contribution in [0.25, 0.3) is 0 Å². The number of rotatable bonds is 10. The van der Waals surface area contributed by atoms with Crippen molar-refractivity contribution in [3.05, 3.63) is 70.2 Å². The summed E-state index contributed by atoms with van der Waals surface area (Å²) in [6.07, 6.45) is 0.401. The van der Waals surface area contributed by atoms with Crippen LogP contribution in [-0.4, -0.2) is 39.8 Å². The van der Waals surface area contributed by atoms with Crippen molar-refractivity contribution in [1.29, 1.82) is 0 Å². The zero-order chi connectivity index (χ0) is 26.5. The Labute approximate surface area is 218 Å². The third kappa shape index (κ3) is 6.00. The minimum atomic E-state index is -0.825. The van der Waals surface area contributed by atoms with Gasteiger partial charge in [0.05, 0.1) is 5.69 Å². The molecule has 1 aromatic heterocycles. The average molecular weight is 524 g/mol. The van der Waals surface area contributed by atoms with E-state index in [0.717, 1.165) is 22.7 Å². The van der Waals surface area contributed by atoms with Crippen LogP contribution in [0.15, 0.2) is 48.5 Å². The van der Waals surface area contributed by atoms with Crippen molar-refractivity contribution in [2.45, 2.75) is 39.4 Å². The second kappa shape index (κ2) is 11.3. The van der Waals surface area contributed by atoms with Gasteiger partial charge in [0.25, 0.3) is 11.8 Å². The molecule has 4 rings (SSSR count). The number of benzene rings is 2. The number of anilines is 1. The molecule has 1 aliphatic heterocycles. The number of carbonyl (C=O) groups is 3. The van der Waals surface area contributed by atoms with Crippen LogP contribution in [0.5, 0.6) is 11.5 Å². The molecule has 2 aromatic carbocycles. The molecule has 0 saturated carbocycles. The first-order valence-electron chi connectivity index (χ1n) is 11.8. The number of primary amides is 1. The molecule has 0 aliphatic carbocycles. The zero-order valence-corrected chi connectivity index (χ0v) is 21.4. The molecule has 0 radical (unpaired) electrons. The molecule has 0 bridgehead atoms. The highest BCUT2D eigenvalue weighted by Crippen LogP contribution is 2.34. The highest BCUT2D eigenvalue weighted by Gasteiger charge is 2.34. The van der Waals surface area contributed by atoms with Crippen molar-refractivity contribution in [3.8, 4) is 11.5 Å². The van der Waals surface area contributed by atoms with Gasteiger partial charge in [0.1, 0.15) is 10.9 Å². The van der Waals surface area contributed by atoms with Crippen LogP contribution in [0.4, 0.5) is 5.69 Å². The minimum absolute atomic E-state index is 0.0548. The maximum atomic E-state index is 13.9. The summed E-state index contributed by atoms with van der Waals surface area (Å²) < 4.78 is 14.9. The zero-order valence-electron chi connectivity index (χ0n) is 20.6. The molecular formula is C26H29N5O5S. The van der Waals surface area contributed by atoms with Gasteiger partial charge in [0.15, 0.2) is 17.2 Å². The molecule has 194 valence electrons. The maximum absolute atomic E-state index is 13.9. The largest absolute Gasteiger partial charge is 0.454 e. The molecule has 3 amide bonds. The average Bonchev–Trinajstić information content (AvgIpc) is 3.50. The van der Waals surface area contributed by atoms with Gasteiger partial charge < -0.3 is 31.2 Å². The van der Waals surface area contributed by atoms with Gasteiger partial charge in [-0.2, -0.15) is 4.37 Å². The fourth-order valence-corrected chi connectivity index (χ4v) is 4.81. The van der Waals surface area contributed by atoms with E-state index in [1.807, 2.05) is 50.2 Å². The summed E-state index contributed by atoms with van der Waals surface area (Å²) in [6.45, 7) is 4.48. The van der Waals surface area contributed by atoms with Crippen LogP contribution >= 0.6 is 11.5 Å². The summed E-state index contributed by atoms with van der Waals surface area (Å²) >= 11 is 0.786. The molecular weight excluding hydrogens is 494 g/mol. The Morgan fingerprint density at radius 3 is 2.49 bits per heavy atom. The van der Waals surface area contributed by atoms with Gasteiger partial charge in [-0.1, -0.05) is 50.2 Å². The predicted molar refractivity (Wildman–Crippen MR) is 139 cm³/mol. The topological polar surface area (TPSA) is 150 Å². The lowest BCUT2D eigenvalue weighted by molar-refractivity contribution is -0.126. The number of ether oxygens (including phenoxy) is 2. The normalized spacial score (nSPS) is 12.8. The Bertz CT molecular complexity index is 1290. The Kier molecular flexibility index (Phi) is 7.92. The van der Waals surface area contributed by atoms with E-state index in [2.05, 4.69) is 9.69 Å². The predicted octanol–water partition coefficient (Wildman–Crippen LogP) is 2.93. The van der Waals surface area contributed by atoms with E-state index < -0.39 is 17.9 Å². The minimum Gasteiger partial charge on any atom is -0.454 e. The second-order valence-electron chi connectivity index (χ2n) is 9.11. The molecule has 37 heavy (non-hydrogen) atoms. The van der Waals surface area contributed by atoms with Crippen LogP contribution in [0.1, 0.15) is 51.6 Å². The van der Waals surface area contributed by atoms with Crippen molar-refractivity contribution < 1.29 is 23.9 Å². The van der Waals surface area contributed by atoms with Gasteiger partial charge in [0.2, 0.25) is 12.7 Å². The fourth-order valence-electron chi connectivity index (χ4n) is 4.04. The van der Waals surface area contributed by atoms with Gasteiger partial charge >= 0.3 is 0 Å². The first-order chi connectivity index (χ1) is 17.7. The molecule has 2 heterocycles. The standard InChI is InChI=1S/C26H29N5O5S/c1-15(2)10-18(25(33)29-12-16-6-4-3-5-7-16)31(13-17-8-9-19-20(11-17)36-14-35-19)26(34)23-21(27)22(24(28)32)30-37-23/h3-9,11,15,18H,10,12-14,27H2,1-2H3,(H2,28,32)(H,29,33)/t18-/m0/s1. The lowest BCUT2D eigenvalue weighted by Gasteiger charge is -2.32. The van der Waals surface area contributed by atoms with Crippen LogP contribution < -0.4 is 26.3 Å². The number of fused-ring (bicyclic) bond motifs is 1. The number of nitrogens with one attached hydrogen (secondary N) is 1. The summed E-state index contributed by atoms with van der Waals surface area (Å²) in [5.41, 5.74) is 12.9. The Morgan fingerprint density at radius 2 is 1.81 bits per heavy atom. The van der Waals surface area contributed by atoms with Gasteiger partial charge in [-0.3, -0.25) is 14.4 Å². The second-order valence-corrected chi connectivity index (χ2v) is 9.88. The van der Waals surface area contributed by atoms with Crippen molar-refractivity contribution in [2.75, 3.05) is 12.5 Å². The molecule has 0 spiro atoms. The monoisotopic (exact) mass is 523 g/mol. The smallest absolute Gasteiger partial charge is 0.270 e. The third-order valence-electron chi connectivity index (χ3n) is 5.89. The molecule has 0 unspecified atom stereocenters. The summed E-state index contributed by atoms with van der Waals surface area (Å²) in [6, 6.07) is 14.1. The molecule has 11 heteroatoms. The van der Waals surface area contributed by atoms with Gasteiger partial charge in [-0.25, -0.2) is 0 Å². The fraction of sp³-hybridized carbons (Fsp3) is 0.308. The molecule has 10 nitrogen and oxygen atoms in total. The van der Waals surface area contributed by atoms with Crippen molar-refractivity contribution in [1.82, 2.24) is 14.6 Å². The van der Waals surface area contributed by atoms with E-state index in [9.17, 15) is 14.4 Å². The summed E-state index contributed by atoms with van der Waals surface area (Å²) in [7, 11) is 0. The van der Waals surface area contributed by atoms with Gasteiger partial charge in [-0.15, -0.1) is 0 Å². The van der Waals surface area contributed by atoms with Gasteiger partial charge in [-0.05, 0) is 47.1 Å². The Morgan fingerprint density at radius 1 is 1.08 bits per heavy atom. The molecule has 3 aromatic rings. The van der Waals surface area contributed by atoms with Crippen molar-refractivity contribution >= 4 is 34.9 Å². The lowest BCUT2D eigenvalue weighted by Crippen LogP contribution is -2.49. The quantitative estimate of drug-likeness (QED) is 0.370. The van der Waals surface area contributed by atoms with Crippen LogP contribution in [0.3, 0.4) is 0 Å². The molecule has 0 saturated heterocycles. The molecule has 5 N–H and O–H groups in total. The number of nitrogens with two attached hydrogens (primary N) is 2. The summed E-state index contributed by atoms with van der Waals surface area (Å²) in [5.74, 6) is -0.370. The molecule has 0 fully saturated rings. The number of nitrogens with zero attached hydrogens (tertiary/aromatic N) is 2. The Balaban J connectivity index is 1.68. The first-order valence-corrected chi connectivity index (χ1v) is 12.6. The highest BCUT2D eigenvalue weighted by atomic mass is 32.1. The van der Waals surface area contributed by atoms with Crippen molar-refractivity contribution in [2.24, 2.45) is 11.7 Å². The summed E-state index contributed by atoms with van der Waals surface area (Å²) in [5, 5.41) is 2.96. The van der Waals surface area contributed by atoms with E-state index in [1.165, 1.54) is 4.90 Å². The number of hydrogen-bond acceptors (Lipinski definition) is 8. The van der Waals surface area contributed by atoms with E-state index in [4.69, 9.17) is 20.9 Å². The van der Waals surface area contributed by atoms with E-state index in [-0.39, 0.29) is 41.4 Å². The number of hydrogen-bond donors (Lipinski definition) is 3. The van der Waals surface area contributed by atoms with E-state index >= 15 is 0 Å². The van der Waals surface area contributed by atoms with Gasteiger partial charge in [0, 0.05) is 13.1 Å². The third-order valence-corrected chi connectivity index (χ3v) is 6.74. The highest BCUT2D eigenvalue weighted by molar-refractivity contribution is 7.09. The van der Waals surface area contributed by atoms with E-state index in [0.29, 0.717) is 24.5 Å². The lowest BCUT2D eigenvalue weighted by atomic mass is 10.00.